The molecule has 0 aliphatic carbocycles. The maximum absolute atomic E-state index is 13.3. The third-order valence-electron chi connectivity index (χ3n) is 3.16. The number of aliphatic hydroxyl groups is 1. The van der Waals surface area contributed by atoms with Gasteiger partial charge in [0.15, 0.2) is 0 Å². The van der Waals surface area contributed by atoms with E-state index < -0.39 is 11.4 Å². The number of amides is 1. The van der Waals surface area contributed by atoms with Crippen LogP contribution in [0, 0.1) is 17.7 Å². The van der Waals surface area contributed by atoms with Gasteiger partial charge in [-0.3, -0.25) is 4.79 Å². The molecule has 0 radical (unpaired) electrons. The van der Waals surface area contributed by atoms with Gasteiger partial charge in [-0.05, 0) is 31.5 Å². The van der Waals surface area contributed by atoms with Gasteiger partial charge in [0.1, 0.15) is 12.4 Å². The van der Waals surface area contributed by atoms with E-state index >= 15 is 0 Å². The number of halogens is 1. The highest BCUT2D eigenvalue weighted by atomic mass is 19.1. The molecule has 1 unspecified atom stereocenters. The fourth-order valence-electron chi connectivity index (χ4n) is 2.06. The molecule has 2 rings (SSSR count). The Hall–Kier alpha value is -1.90. The molecule has 0 bridgehead atoms. The molecule has 1 amide bonds. The minimum atomic E-state index is -0.502. The third kappa shape index (κ3) is 3.35. The Morgan fingerprint density at radius 1 is 1.60 bits per heavy atom. The van der Waals surface area contributed by atoms with Crippen LogP contribution in [0.3, 0.4) is 0 Å². The van der Waals surface area contributed by atoms with Crippen molar-refractivity contribution in [2.24, 2.45) is 0 Å². The van der Waals surface area contributed by atoms with Crippen LogP contribution in [0.2, 0.25) is 0 Å². The first-order valence-corrected chi connectivity index (χ1v) is 6.34. The van der Waals surface area contributed by atoms with Crippen LogP contribution in [0.15, 0.2) is 18.2 Å². The number of nitrogens with one attached hydrogen (secondary N) is 1. The van der Waals surface area contributed by atoms with E-state index in [9.17, 15) is 9.18 Å². The molecule has 4 nitrogen and oxygen atoms in total. The summed E-state index contributed by atoms with van der Waals surface area (Å²) >= 11 is 0. The second-order valence-electron chi connectivity index (χ2n) is 4.97. The molecule has 0 spiro atoms. The summed E-state index contributed by atoms with van der Waals surface area (Å²) < 4.78 is 18.6. The van der Waals surface area contributed by atoms with E-state index in [2.05, 4.69) is 17.2 Å². The van der Waals surface area contributed by atoms with Crippen molar-refractivity contribution in [3.63, 3.8) is 0 Å². The summed E-state index contributed by atoms with van der Waals surface area (Å²) in [6.07, 6.45) is 0.714. The molecular formula is C15H16FNO3. The first-order valence-electron chi connectivity index (χ1n) is 6.34. The SMILES string of the molecule is CC1(NC(=O)c2cc(F)ccc2C#CCO)CCOC1. The molecule has 20 heavy (non-hydrogen) atoms. The maximum Gasteiger partial charge on any atom is 0.253 e. The van der Waals surface area contributed by atoms with Crippen LogP contribution in [-0.4, -0.2) is 36.4 Å². The molecule has 106 valence electrons. The van der Waals surface area contributed by atoms with Crippen molar-refractivity contribution in [1.29, 1.82) is 0 Å². The topological polar surface area (TPSA) is 58.6 Å². The smallest absolute Gasteiger partial charge is 0.253 e. The number of carbonyl (C=O) groups excluding carboxylic acids is 1. The Morgan fingerprint density at radius 2 is 2.40 bits per heavy atom. The van der Waals surface area contributed by atoms with Crippen LogP contribution in [0.5, 0.6) is 0 Å². The number of hydrogen-bond acceptors (Lipinski definition) is 3. The second kappa shape index (κ2) is 6.04. The van der Waals surface area contributed by atoms with Crippen LogP contribution in [0.25, 0.3) is 0 Å². The summed E-state index contributed by atoms with van der Waals surface area (Å²) in [5, 5.41) is 11.6. The standard InChI is InChI=1S/C15H16FNO3/c1-15(6-8-20-10-15)17-14(19)13-9-12(16)5-4-11(13)3-2-7-18/h4-5,9,18H,6-8,10H2,1H3,(H,17,19). The van der Waals surface area contributed by atoms with Crippen LogP contribution in [0.1, 0.15) is 29.3 Å². The van der Waals surface area contributed by atoms with Crippen LogP contribution < -0.4 is 5.32 Å². The van der Waals surface area contributed by atoms with Gasteiger partial charge in [-0.1, -0.05) is 11.8 Å². The summed E-state index contributed by atoms with van der Waals surface area (Å²) in [6.45, 7) is 2.60. The normalized spacial score (nSPS) is 21.1. The number of rotatable bonds is 2. The molecule has 5 heteroatoms. The van der Waals surface area contributed by atoms with Gasteiger partial charge < -0.3 is 15.2 Å². The predicted octanol–water partition coefficient (Wildman–Crippen LogP) is 1.08. The van der Waals surface area contributed by atoms with Gasteiger partial charge in [0.05, 0.1) is 17.7 Å². The molecule has 1 atom stereocenters. The lowest BCUT2D eigenvalue weighted by atomic mass is 10.00. The monoisotopic (exact) mass is 277 g/mol. The minimum Gasteiger partial charge on any atom is -0.384 e. The summed E-state index contributed by atoms with van der Waals surface area (Å²) in [5.41, 5.74) is 0.116. The average molecular weight is 277 g/mol. The average Bonchev–Trinajstić information content (AvgIpc) is 2.83. The largest absolute Gasteiger partial charge is 0.384 e. The number of carbonyl (C=O) groups is 1. The first-order chi connectivity index (χ1) is 9.54. The zero-order valence-electron chi connectivity index (χ0n) is 11.2. The quantitative estimate of drug-likeness (QED) is 0.795. The lowest BCUT2D eigenvalue weighted by molar-refractivity contribution is 0.0889. The van der Waals surface area contributed by atoms with E-state index in [1.54, 1.807) is 0 Å². The molecule has 1 aromatic rings. The molecule has 0 aromatic heterocycles. The van der Waals surface area contributed by atoms with Gasteiger partial charge in [0.2, 0.25) is 0 Å². The minimum absolute atomic E-state index is 0.166. The lowest BCUT2D eigenvalue weighted by Crippen LogP contribution is -2.46. The van der Waals surface area contributed by atoms with E-state index in [-0.39, 0.29) is 18.1 Å². The van der Waals surface area contributed by atoms with Crippen molar-refractivity contribution < 1.29 is 19.0 Å². The Bertz CT molecular complexity index is 568. The molecule has 1 saturated heterocycles. The van der Waals surface area contributed by atoms with E-state index in [0.29, 0.717) is 25.2 Å². The van der Waals surface area contributed by atoms with Crippen molar-refractivity contribution in [2.45, 2.75) is 18.9 Å². The molecule has 1 aliphatic rings. The zero-order chi connectivity index (χ0) is 14.6. The van der Waals surface area contributed by atoms with Crippen molar-refractivity contribution in [3.05, 3.63) is 35.1 Å². The number of ether oxygens (including phenoxy) is 1. The van der Waals surface area contributed by atoms with Crippen molar-refractivity contribution in [1.82, 2.24) is 5.32 Å². The molecule has 0 saturated carbocycles. The summed E-state index contributed by atoms with van der Waals surface area (Å²) in [5.74, 6) is 4.22. The van der Waals surface area contributed by atoms with Crippen LogP contribution >= 0.6 is 0 Å². The van der Waals surface area contributed by atoms with E-state index in [0.717, 1.165) is 6.07 Å². The number of hydrogen-bond donors (Lipinski definition) is 2. The highest BCUT2D eigenvalue weighted by Crippen LogP contribution is 2.19. The van der Waals surface area contributed by atoms with Gasteiger partial charge in [-0.2, -0.15) is 0 Å². The molecule has 2 N–H and O–H groups in total. The van der Waals surface area contributed by atoms with E-state index in [4.69, 9.17) is 9.84 Å². The molecule has 1 fully saturated rings. The van der Waals surface area contributed by atoms with Gasteiger partial charge in [-0.25, -0.2) is 4.39 Å². The van der Waals surface area contributed by atoms with Gasteiger partial charge in [-0.15, -0.1) is 0 Å². The maximum atomic E-state index is 13.3. The van der Waals surface area contributed by atoms with Gasteiger partial charge >= 0.3 is 0 Å². The van der Waals surface area contributed by atoms with Crippen molar-refractivity contribution in [3.8, 4) is 11.8 Å². The Labute approximate surface area is 116 Å². The lowest BCUT2D eigenvalue weighted by Gasteiger charge is -2.23. The number of aliphatic hydroxyl groups excluding tert-OH is 1. The highest BCUT2D eigenvalue weighted by molar-refractivity contribution is 5.97. The Morgan fingerprint density at radius 3 is 3.05 bits per heavy atom. The highest BCUT2D eigenvalue weighted by Gasteiger charge is 2.32. The number of benzene rings is 1. The summed E-state index contributed by atoms with van der Waals surface area (Å²) in [7, 11) is 0. The van der Waals surface area contributed by atoms with Crippen molar-refractivity contribution in [2.75, 3.05) is 19.8 Å². The summed E-state index contributed by atoms with van der Waals surface area (Å²) in [6, 6.07) is 3.81. The fourth-order valence-corrected chi connectivity index (χ4v) is 2.06. The van der Waals surface area contributed by atoms with Gasteiger partial charge in [0, 0.05) is 12.2 Å². The summed E-state index contributed by atoms with van der Waals surface area (Å²) in [4.78, 5) is 12.3. The van der Waals surface area contributed by atoms with Crippen molar-refractivity contribution >= 4 is 5.91 Å². The van der Waals surface area contributed by atoms with Crippen LogP contribution in [0.4, 0.5) is 4.39 Å². The Kier molecular flexibility index (Phi) is 4.38. The van der Waals surface area contributed by atoms with Crippen LogP contribution in [-0.2, 0) is 4.74 Å². The first kappa shape index (κ1) is 14.5. The predicted molar refractivity (Wildman–Crippen MR) is 71.7 cm³/mol. The fraction of sp³-hybridized carbons (Fsp3) is 0.400. The molecule has 1 aliphatic heterocycles. The van der Waals surface area contributed by atoms with Gasteiger partial charge in [0.25, 0.3) is 5.91 Å². The molecule has 1 aromatic carbocycles. The Balaban J connectivity index is 2.26. The molecule has 1 heterocycles. The van der Waals surface area contributed by atoms with E-state index in [1.165, 1.54) is 12.1 Å². The zero-order valence-corrected chi connectivity index (χ0v) is 11.2. The second-order valence-corrected chi connectivity index (χ2v) is 4.97. The molecular weight excluding hydrogens is 261 g/mol. The van der Waals surface area contributed by atoms with E-state index in [1.807, 2.05) is 6.92 Å². The third-order valence-corrected chi connectivity index (χ3v) is 3.16.